The van der Waals surface area contributed by atoms with E-state index in [1.54, 1.807) is 0 Å². The van der Waals surface area contributed by atoms with Gasteiger partial charge in [0.25, 0.3) is 0 Å². The first-order valence-corrected chi connectivity index (χ1v) is 7.11. The minimum Gasteiger partial charge on any atom is -0.371 e. The smallest absolute Gasteiger partial charge is 0.240 e. The number of alkyl halides is 1. The van der Waals surface area contributed by atoms with Crippen LogP contribution in [0.2, 0.25) is 0 Å². The van der Waals surface area contributed by atoms with Gasteiger partial charge in [-0.05, 0) is 44.9 Å². The van der Waals surface area contributed by atoms with E-state index < -0.39 is 4.32 Å². The molecule has 0 bridgehead atoms. The number of rotatable bonds is 3. The molecule has 1 aromatic carbocycles. The third kappa shape index (κ3) is 3.25. The van der Waals surface area contributed by atoms with Crippen molar-refractivity contribution in [3.8, 4) is 0 Å². The van der Waals surface area contributed by atoms with Crippen molar-refractivity contribution in [2.75, 3.05) is 23.3 Å². The summed E-state index contributed by atoms with van der Waals surface area (Å²) in [6.07, 6.45) is 2.51. The summed E-state index contributed by atoms with van der Waals surface area (Å²) in [5.74, 6) is -0.0268. The Morgan fingerprint density at radius 1 is 1.33 bits per heavy atom. The Balaban J connectivity index is 2.10. The molecule has 3 nitrogen and oxygen atoms in total. The van der Waals surface area contributed by atoms with Gasteiger partial charge in [0.1, 0.15) is 0 Å². The number of amides is 1. The van der Waals surface area contributed by atoms with Crippen molar-refractivity contribution in [1.82, 2.24) is 0 Å². The molecule has 1 aromatic rings. The zero-order valence-electron chi connectivity index (χ0n) is 10.9. The molecule has 1 aliphatic rings. The molecule has 1 aliphatic heterocycles. The van der Waals surface area contributed by atoms with Crippen molar-refractivity contribution in [3.63, 3.8) is 0 Å². The lowest BCUT2D eigenvalue weighted by atomic mass is 10.2. The number of hydrogen-bond donors (Lipinski definition) is 1. The lowest BCUT2D eigenvalue weighted by molar-refractivity contribution is -0.117. The van der Waals surface area contributed by atoms with Crippen LogP contribution in [0.4, 0.5) is 11.4 Å². The summed E-state index contributed by atoms with van der Waals surface area (Å²) in [5, 5.41) is 2.93. The van der Waals surface area contributed by atoms with Crippen molar-refractivity contribution in [1.29, 1.82) is 0 Å². The van der Waals surface area contributed by atoms with Crippen LogP contribution in [0.3, 0.4) is 0 Å². The number of carbonyl (C=O) groups excluding carboxylic acids is 1. The standard InChI is InChI=1S/C14H19BrN2O/c1-14(2,15)13(18)16-11-6-5-7-12(10-11)17-8-3-4-9-17/h5-7,10H,3-4,8-9H2,1-2H3,(H,16,18). The lowest BCUT2D eigenvalue weighted by Gasteiger charge is -2.20. The lowest BCUT2D eigenvalue weighted by Crippen LogP contribution is -2.31. The molecular formula is C14H19BrN2O. The Hall–Kier alpha value is -1.03. The normalized spacial score (nSPS) is 15.8. The van der Waals surface area contributed by atoms with Crippen molar-refractivity contribution in [3.05, 3.63) is 24.3 Å². The van der Waals surface area contributed by atoms with Crippen LogP contribution in [0.15, 0.2) is 24.3 Å². The van der Waals surface area contributed by atoms with Crippen LogP contribution in [0.1, 0.15) is 26.7 Å². The van der Waals surface area contributed by atoms with Crippen molar-refractivity contribution in [2.45, 2.75) is 31.0 Å². The Labute approximate surface area is 117 Å². The molecule has 1 saturated heterocycles. The molecule has 0 atom stereocenters. The molecule has 18 heavy (non-hydrogen) atoms. The number of halogens is 1. The second-order valence-electron chi connectivity index (χ2n) is 5.17. The Kier molecular flexibility index (Phi) is 3.95. The highest BCUT2D eigenvalue weighted by Gasteiger charge is 2.23. The fourth-order valence-corrected chi connectivity index (χ4v) is 2.13. The predicted molar refractivity (Wildman–Crippen MR) is 79.5 cm³/mol. The third-order valence-electron chi connectivity index (χ3n) is 3.12. The maximum absolute atomic E-state index is 11.9. The van der Waals surface area contributed by atoms with Crippen LogP contribution >= 0.6 is 15.9 Å². The Morgan fingerprint density at radius 2 is 2.00 bits per heavy atom. The van der Waals surface area contributed by atoms with Gasteiger partial charge in [-0.2, -0.15) is 0 Å². The summed E-state index contributed by atoms with van der Waals surface area (Å²) in [6, 6.07) is 8.06. The monoisotopic (exact) mass is 310 g/mol. The average Bonchev–Trinajstić information content (AvgIpc) is 2.81. The van der Waals surface area contributed by atoms with E-state index in [9.17, 15) is 4.79 Å². The van der Waals surface area contributed by atoms with E-state index in [0.29, 0.717) is 0 Å². The molecular weight excluding hydrogens is 292 g/mol. The van der Waals surface area contributed by atoms with Crippen LogP contribution in [0.25, 0.3) is 0 Å². The van der Waals surface area contributed by atoms with E-state index in [2.05, 4.69) is 32.2 Å². The molecule has 0 unspecified atom stereocenters. The van der Waals surface area contributed by atoms with Crippen molar-refractivity contribution >= 4 is 33.2 Å². The number of carbonyl (C=O) groups is 1. The summed E-state index contributed by atoms with van der Waals surface area (Å²) >= 11 is 3.36. The van der Waals surface area contributed by atoms with Crippen molar-refractivity contribution < 1.29 is 4.79 Å². The molecule has 2 rings (SSSR count). The third-order valence-corrected chi connectivity index (χ3v) is 3.48. The highest BCUT2D eigenvalue weighted by atomic mass is 79.9. The van der Waals surface area contributed by atoms with Crippen LogP contribution in [-0.2, 0) is 4.79 Å². The van der Waals surface area contributed by atoms with E-state index in [-0.39, 0.29) is 5.91 Å². The molecule has 98 valence electrons. The second-order valence-corrected chi connectivity index (χ2v) is 7.15. The first-order valence-electron chi connectivity index (χ1n) is 6.32. The summed E-state index contributed by atoms with van der Waals surface area (Å²) in [4.78, 5) is 14.3. The summed E-state index contributed by atoms with van der Waals surface area (Å²) in [5.41, 5.74) is 2.05. The van der Waals surface area contributed by atoms with Gasteiger partial charge in [-0.15, -0.1) is 0 Å². The average molecular weight is 311 g/mol. The number of hydrogen-bond acceptors (Lipinski definition) is 2. The van der Waals surface area contributed by atoms with E-state index in [4.69, 9.17) is 0 Å². The topological polar surface area (TPSA) is 32.3 Å². The van der Waals surface area contributed by atoms with Gasteiger partial charge in [0.15, 0.2) is 0 Å². The zero-order chi connectivity index (χ0) is 13.2. The van der Waals surface area contributed by atoms with Gasteiger partial charge < -0.3 is 10.2 Å². The minimum absolute atomic E-state index is 0.0268. The second kappa shape index (κ2) is 5.31. The Bertz CT molecular complexity index is 434. The number of nitrogens with zero attached hydrogens (tertiary/aromatic N) is 1. The van der Waals surface area contributed by atoms with Crippen LogP contribution in [0, 0.1) is 0 Å². The summed E-state index contributed by atoms with van der Waals surface area (Å²) in [6.45, 7) is 5.90. The fraction of sp³-hybridized carbons (Fsp3) is 0.500. The molecule has 0 spiro atoms. The van der Waals surface area contributed by atoms with Gasteiger partial charge in [0.05, 0.1) is 4.32 Å². The molecule has 1 N–H and O–H groups in total. The zero-order valence-corrected chi connectivity index (χ0v) is 12.5. The van der Waals surface area contributed by atoms with E-state index >= 15 is 0 Å². The molecule has 0 saturated carbocycles. The SMILES string of the molecule is CC(C)(Br)C(=O)Nc1cccc(N2CCCC2)c1. The highest BCUT2D eigenvalue weighted by molar-refractivity contribution is 9.10. The molecule has 4 heteroatoms. The molecule has 0 aliphatic carbocycles. The maximum atomic E-state index is 11.9. The molecule has 1 heterocycles. The minimum atomic E-state index is -0.545. The van der Waals surface area contributed by atoms with E-state index in [0.717, 1.165) is 18.8 Å². The first-order chi connectivity index (χ1) is 8.47. The highest BCUT2D eigenvalue weighted by Crippen LogP contribution is 2.25. The largest absolute Gasteiger partial charge is 0.371 e. The Morgan fingerprint density at radius 3 is 2.61 bits per heavy atom. The van der Waals surface area contributed by atoms with Crippen LogP contribution in [0.5, 0.6) is 0 Å². The van der Waals surface area contributed by atoms with Gasteiger partial charge in [-0.3, -0.25) is 4.79 Å². The molecule has 0 aromatic heterocycles. The summed E-state index contributed by atoms with van der Waals surface area (Å²) < 4.78 is -0.545. The molecule has 1 amide bonds. The number of anilines is 2. The quantitative estimate of drug-likeness (QED) is 0.868. The fourth-order valence-electron chi connectivity index (χ4n) is 2.04. The molecule has 0 radical (unpaired) electrons. The predicted octanol–water partition coefficient (Wildman–Crippen LogP) is 3.40. The van der Waals surface area contributed by atoms with E-state index in [1.807, 2.05) is 32.0 Å². The molecule has 1 fully saturated rings. The van der Waals surface area contributed by atoms with Crippen LogP contribution < -0.4 is 10.2 Å². The summed E-state index contributed by atoms with van der Waals surface area (Å²) in [7, 11) is 0. The van der Waals surface area contributed by atoms with Gasteiger partial charge >= 0.3 is 0 Å². The van der Waals surface area contributed by atoms with Gasteiger partial charge in [-0.1, -0.05) is 22.0 Å². The van der Waals surface area contributed by atoms with E-state index in [1.165, 1.54) is 18.5 Å². The van der Waals surface area contributed by atoms with Gasteiger partial charge in [-0.25, -0.2) is 0 Å². The number of nitrogens with one attached hydrogen (secondary N) is 1. The van der Waals surface area contributed by atoms with Crippen molar-refractivity contribution in [2.24, 2.45) is 0 Å². The van der Waals surface area contributed by atoms with Crippen LogP contribution in [-0.4, -0.2) is 23.3 Å². The van der Waals surface area contributed by atoms with Gasteiger partial charge in [0, 0.05) is 24.5 Å². The first kappa shape index (κ1) is 13.4. The van der Waals surface area contributed by atoms with Gasteiger partial charge in [0.2, 0.25) is 5.91 Å². The maximum Gasteiger partial charge on any atom is 0.240 e. The number of benzene rings is 1.